The van der Waals surface area contributed by atoms with Gasteiger partial charge in [-0.2, -0.15) is 0 Å². The van der Waals surface area contributed by atoms with Crippen LogP contribution in [-0.4, -0.2) is 22.5 Å². The molecule has 1 aliphatic rings. The Morgan fingerprint density at radius 1 is 1.07 bits per heavy atom. The molecule has 0 bridgehead atoms. The fraction of sp³-hybridized carbons (Fsp3) is 1.00. The molecule has 0 aromatic heterocycles. The van der Waals surface area contributed by atoms with E-state index in [1.54, 1.807) is 0 Å². The molecule has 0 aromatic rings. The van der Waals surface area contributed by atoms with Crippen LogP contribution in [0.5, 0.6) is 0 Å². The Bertz CT molecular complexity index is 174. The predicted octanol–water partition coefficient (Wildman–Crippen LogP) is 3.68. The van der Waals surface area contributed by atoms with Crippen LogP contribution in [0.2, 0.25) is 0 Å². The molecule has 0 aromatic carbocycles. The highest BCUT2D eigenvalue weighted by atomic mass is 15.2. The molecule has 1 aliphatic carbocycles. The molecule has 0 radical (unpaired) electrons. The molecule has 1 fully saturated rings. The second kappa shape index (κ2) is 4.22. The molecule has 84 valence electrons. The molecule has 0 amide bonds. The predicted molar refractivity (Wildman–Crippen MR) is 63.5 cm³/mol. The summed E-state index contributed by atoms with van der Waals surface area (Å²) in [6.45, 7) is 14.1. The summed E-state index contributed by atoms with van der Waals surface area (Å²) in [5.41, 5.74) is 0.328. The Kier molecular flexibility index (Phi) is 3.63. The van der Waals surface area contributed by atoms with Crippen molar-refractivity contribution >= 4 is 0 Å². The molecular formula is C13H27N. The van der Waals surface area contributed by atoms with Crippen molar-refractivity contribution in [2.45, 2.75) is 78.4 Å². The van der Waals surface area contributed by atoms with Crippen molar-refractivity contribution in [3.63, 3.8) is 0 Å². The lowest BCUT2D eigenvalue weighted by atomic mass is 9.84. The maximum atomic E-state index is 2.74. The molecule has 1 nitrogen and oxygen atoms in total. The maximum Gasteiger partial charge on any atom is 0.0130 e. The summed E-state index contributed by atoms with van der Waals surface area (Å²) >= 11 is 0. The summed E-state index contributed by atoms with van der Waals surface area (Å²) in [7, 11) is 0. The smallest absolute Gasteiger partial charge is 0.0130 e. The van der Waals surface area contributed by atoms with Crippen LogP contribution in [0.1, 0.15) is 60.8 Å². The van der Waals surface area contributed by atoms with E-state index in [0.29, 0.717) is 11.6 Å². The Labute approximate surface area is 89.9 Å². The van der Waals surface area contributed by atoms with Crippen molar-refractivity contribution in [2.75, 3.05) is 0 Å². The highest BCUT2D eigenvalue weighted by Gasteiger charge is 2.36. The minimum absolute atomic E-state index is 0.328. The van der Waals surface area contributed by atoms with Gasteiger partial charge in [-0.25, -0.2) is 0 Å². The number of hydrogen-bond acceptors (Lipinski definition) is 1. The Morgan fingerprint density at radius 2 is 1.57 bits per heavy atom. The van der Waals surface area contributed by atoms with Crippen LogP contribution >= 0.6 is 0 Å². The zero-order valence-corrected chi connectivity index (χ0v) is 10.8. The highest BCUT2D eigenvalue weighted by Crippen LogP contribution is 2.34. The first-order valence-corrected chi connectivity index (χ1v) is 6.12. The van der Waals surface area contributed by atoms with Gasteiger partial charge >= 0.3 is 0 Å². The third-order valence-corrected chi connectivity index (χ3v) is 3.65. The largest absolute Gasteiger partial charge is 0.293 e. The lowest BCUT2D eigenvalue weighted by molar-refractivity contribution is -0.0111. The van der Waals surface area contributed by atoms with Crippen molar-refractivity contribution in [3.05, 3.63) is 0 Å². The van der Waals surface area contributed by atoms with Crippen LogP contribution in [0.4, 0.5) is 0 Å². The lowest BCUT2D eigenvalue weighted by Crippen LogP contribution is -2.56. The van der Waals surface area contributed by atoms with E-state index < -0.39 is 0 Å². The normalized spacial score (nSPS) is 21.4. The Balaban J connectivity index is 2.70. The van der Waals surface area contributed by atoms with Gasteiger partial charge in [0.25, 0.3) is 0 Å². The molecule has 1 unspecified atom stereocenters. The Hall–Kier alpha value is -0.0400. The summed E-state index contributed by atoms with van der Waals surface area (Å²) < 4.78 is 0. The second-order valence-electron chi connectivity index (χ2n) is 6.15. The minimum atomic E-state index is 0.328. The van der Waals surface area contributed by atoms with Crippen molar-refractivity contribution in [1.82, 2.24) is 4.90 Å². The van der Waals surface area contributed by atoms with E-state index in [9.17, 15) is 0 Å². The van der Waals surface area contributed by atoms with Gasteiger partial charge in [0.15, 0.2) is 0 Å². The molecule has 1 rings (SSSR count). The minimum Gasteiger partial charge on any atom is -0.293 e. The van der Waals surface area contributed by atoms with E-state index in [1.807, 2.05) is 0 Å². The van der Waals surface area contributed by atoms with Crippen molar-refractivity contribution in [1.29, 1.82) is 0 Å². The van der Waals surface area contributed by atoms with E-state index in [1.165, 1.54) is 19.3 Å². The van der Waals surface area contributed by atoms with Gasteiger partial charge < -0.3 is 0 Å². The quantitative estimate of drug-likeness (QED) is 0.667. The fourth-order valence-corrected chi connectivity index (χ4v) is 2.48. The van der Waals surface area contributed by atoms with Gasteiger partial charge in [-0.3, -0.25) is 4.90 Å². The summed E-state index contributed by atoms with van der Waals surface area (Å²) in [5, 5.41) is 0. The summed E-state index contributed by atoms with van der Waals surface area (Å²) in [6.07, 6.45) is 4.25. The first-order valence-electron chi connectivity index (χ1n) is 6.12. The van der Waals surface area contributed by atoms with Gasteiger partial charge in [-0.15, -0.1) is 0 Å². The number of hydrogen-bond donors (Lipinski definition) is 0. The SMILES string of the molecule is CC(C)C(C)N(C1CCC1)C(C)(C)C. The summed E-state index contributed by atoms with van der Waals surface area (Å²) in [5.74, 6) is 0.759. The lowest BCUT2D eigenvalue weighted by Gasteiger charge is -2.50. The van der Waals surface area contributed by atoms with Gasteiger partial charge in [0.1, 0.15) is 0 Å². The first-order chi connectivity index (χ1) is 6.34. The van der Waals surface area contributed by atoms with Crippen LogP contribution in [0.3, 0.4) is 0 Å². The summed E-state index contributed by atoms with van der Waals surface area (Å²) in [6, 6.07) is 1.56. The number of nitrogens with zero attached hydrogens (tertiary/aromatic N) is 1. The third-order valence-electron chi connectivity index (χ3n) is 3.65. The maximum absolute atomic E-state index is 2.74. The van der Waals surface area contributed by atoms with Crippen LogP contribution in [-0.2, 0) is 0 Å². The molecule has 1 atom stereocenters. The average molecular weight is 197 g/mol. The summed E-state index contributed by atoms with van der Waals surface area (Å²) in [4.78, 5) is 2.74. The molecule has 1 heteroatoms. The molecule has 0 aliphatic heterocycles. The monoisotopic (exact) mass is 197 g/mol. The van der Waals surface area contributed by atoms with E-state index in [2.05, 4.69) is 46.4 Å². The molecule has 14 heavy (non-hydrogen) atoms. The Morgan fingerprint density at radius 3 is 1.79 bits per heavy atom. The average Bonchev–Trinajstić information content (AvgIpc) is 1.92. The fourth-order valence-electron chi connectivity index (χ4n) is 2.48. The van der Waals surface area contributed by atoms with Crippen LogP contribution in [0.15, 0.2) is 0 Å². The molecule has 0 spiro atoms. The zero-order valence-electron chi connectivity index (χ0n) is 10.8. The van der Waals surface area contributed by atoms with E-state index >= 15 is 0 Å². The van der Waals surface area contributed by atoms with Crippen LogP contribution < -0.4 is 0 Å². The topological polar surface area (TPSA) is 3.24 Å². The molecule has 0 heterocycles. The van der Waals surface area contributed by atoms with Gasteiger partial charge in [-0.1, -0.05) is 20.3 Å². The molecular weight excluding hydrogens is 170 g/mol. The van der Waals surface area contributed by atoms with Crippen LogP contribution in [0, 0.1) is 5.92 Å². The molecule has 1 saturated carbocycles. The van der Waals surface area contributed by atoms with Crippen molar-refractivity contribution in [3.8, 4) is 0 Å². The third kappa shape index (κ3) is 2.50. The van der Waals surface area contributed by atoms with E-state index in [0.717, 1.165) is 12.0 Å². The van der Waals surface area contributed by atoms with E-state index in [-0.39, 0.29) is 0 Å². The number of rotatable bonds is 3. The van der Waals surface area contributed by atoms with Crippen LogP contribution in [0.25, 0.3) is 0 Å². The first kappa shape index (κ1) is 12.0. The highest BCUT2D eigenvalue weighted by molar-refractivity contribution is 4.91. The van der Waals surface area contributed by atoms with Gasteiger partial charge in [-0.05, 0) is 46.5 Å². The van der Waals surface area contributed by atoms with Crippen molar-refractivity contribution < 1.29 is 0 Å². The molecule has 0 saturated heterocycles. The second-order valence-corrected chi connectivity index (χ2v) is 6.15. The molecule has 0 N–H and O–H groups in total. The van der Waals surface area contributed by atoms with Gasteiger partial charge in [0.05, 0.1) is 0 Å². The van der Waals surface area contributed by atoms with E-state index in [4.69, 9.17) is 0 Å². The standard InChI is InChI=1S/C13H27N/c1-10(2)11(3)14(13(4,5)6)12-8-7-9-12/h10-12H,7-9H2,1-6H3. The van der Waals surface area contributed by atoms with Gasteiger partial charge in [0.2, 0.25) is 0 Å². The van der Waals surface area contributed by atoms with Gasteiger partial charge in [0, 0.05) is 17.6 Å². The zero-order chi connectivity index (χ0) is 10.9. The van der Waals surface area contributed by atoms with Crippen molar-refractivity contribution in [2.24, 2.45) is 5.92 Å².